The largest absolute Gasteiger partial charge is 0.493 e. The molecule has 1 N–H and O–H groups in total. The van der Waals surface area contributed by atoms with Gasteiger partial charge in [-0.3, -0.25) is 4.79 Å². The van der Waals surface area contributed by atoms with Gasteiger partial charge in [0.15, 0.2) is 0 Å². The number of nitrogens with zero attached hydrogens (tertiary/aromatic N) is 2. The van der Waals surface area contributed by atoms with Gasteiger partial charge in [-0.25, -0.2) is 4.68 Å². The standard InChI is InChI=1S/C5H5N2O2/c1-7-5(9)2-4(3-8)6-7/h2,9H,1H3. The summed E-state index contributed by atoms with van der Waals surface area (Å²) in [6.45, 7) is 0. The molecule has 1 rings (SSSR count). The van der Waals surface area contributed by atoms with Crippen molar-refractivity contribution < 1.29 is 9.90 Å². The van der Waals surface area contributed by atoms with Gasteiger partial charge in [-0.1, -0.05) is 0 Å². The zero-order valence-corrected chi connectivity index (χ0v) is 4.83. The Balaban J connectivity index is 3.11. The van der Waals surface area contributed by atoms with Crippen molar-refractivity contribution in [2.24, 2.45) is 7.05 Å². The van der Waals surface area contributed by atoms with Crippen molar-refractivity contribution in [1.82, 2.24) is 9.78 Å². The minimum Gasteiger partial charge on any atom is -0.493 e. The lowest BCUT2D eigenvalue weighted by Gasteiger charge is -1.86. The van der Waals surface area contributed by atoms with Crippen LogP contribution in [0.25, 0.3) is 0 Å². The van der Waals surface area contributed by atoms with E-state index in [1.165, 1.54) is 17.8 Å². The van der Waals surface area contributed by atoms with Crippen LogP contribution in [-0.2, 0) is 11.8 Å². The first-order valence-corrected chi connectivity index (χ1v) is 2.35. The van der Waals surface area contributed by atoms with Gasteiger partial charge >= 0.3 is 0 Å². The average molecular weight is 125 g/mol. The summed E-state index contributed by atoms with van der Waals surface area (Å²) in [5, 5.41) is 12.4. The molecule has 4 heteroatoms. The molecule has 1 radical (unpaired) electrons. The summed E-state index contributed by atoms with van der Waals surface area (Å²) in [7, 11) is 1.54. The highest BCUT2D eigenvalue weighted by Gasteiger charge is 2.00. The van der Waals surface area contributed by atoms with Crippen LogP contribution in [0.2, 0.25) is 0 Å². The van der Waals surface area contributed by atoms with Crippen molar-refractivity contribution >= 4 is 6.29 Å². The summed E-state index contributed by atoms with van der Waals surface area (Å²) in [6, 6.07) is 1.24. The van der Waals surface area contributed by atoms with Gasteiger partial charge in [-0.15, -0.1) is 0 Å². The first-order valence-electron chi connectivity index (χ1n) is 2.35. The van der Waals surface area contributed by atoms with E-state index in [9.17, 15) is 4.79 Å². The van der Waals surface area contributed by atoms with Crippen LogP contribution >= 0.6 is 0 Å². The quantitative estimate of drug-likeness (QED) is 0.554. The predicted molar refractivity (Wildman–Crippen MR) is 29.7 cm³/mol. The van der Waals surface area contributed by atoms with Crippen molar-refractivity contribution in [3.05, 3.63) is 11.8 Å². The monoisotopic (exact) mass is 125 g/mol. The number of carbonyl (C=O) groups excluding carboxylic acids is 1. The minimum atomic E-state index is -0.0339. The maximum Gasteiger partial charge on any atom is 0.255 e. The third-order valence-electron chi connectivity index (χ3n) is 0.960. The molecular formula is C5H5N2O2. The maximum atomic E-state index is 9.86. The van der Waals surface area contributed by atoms with E-state index in [1.54, 1.807) is 6.29 Å². The molecule has 0 aliphatic carbocycles. The van der Waals surface area contributed by atoms with Gasteiger partial charge in [0.1, 0.15) is 5.69 Å². The molecule has 0 aliphatic rings. The molecule has 9 heavy (non-hydrogen) atoms. The van der Waals surface area contributed by atoms with E-state index in [0.29, 0.717) is 0 Å². The molecule has 0 aromatic carbocycles. The second-order valence-electron chi connectivity index (χ2n) is 1.61. The summed E-state index contributed by atoms with van der Waals surface area (Å²) in [5.74, 6) is -0.0339. The van der Waals surface area contributed by atoms with Gasteiger partial charge in [0.25, 0.3) is 6.29 Å². The van der Waals surface area contributed by atoms with Gasteiger partial charge in [-0.05, 0) is 0 Å². The number of aromatic nitrogens is 2. The highest BCUT2D eigenvalue weighted by atomic mass is 16.3. The van der Waals surface area contributed by atoms with Crippen molar-refractivity contribution in [2.45, 2.75) is 0 Å². The predicted octanol–water partition coefficient (Wildman–Crippen LogP) is -0.416. The Bertz CT molecular complexity index is 209. The molecule has 0 saturated heterocycles. The van der Waals surface area contributed by atoms with Crippen molar-refractivity contribution in [3.8, 4) is 5.88 Å². The van der Waals surface area contributed by atoms with Crippen LogP contribution in [0.5, 0.6) is 5.88 Å². The molecule has 0 atom stereocenters. The third kappa shape index (κ3) is 0.910. The van der Waals surface area contributed by atoms with Crippen LogP contribution in [0, 0.1) is 0 Å². The van der Waals surface area contributed by atoms with E-state index in [4.69, 9.17) is 5.11 Å². The van der Waals surface area contributed by atoms with Crippen LogP contribution in [0.15, 0.2) is 6.07 Å². The Hall–Kier alpha value is -1.32. The van der Waals surface area contributed by atoms with Gasteiger partial charge < -0.3 is 5.11 Å². The van der Waals surface area contributed by atoms with Gasteiger partial charge in [0.05, 0.1) is 0 Å². The van der Waals surface area contributed by atoms with E-state index in [2.05, 4.69) is 5.10 Å². The van der Waals surface area contributed by atoms with Crippen LogP contribution in [-0.4, -0.2) is 21.2 Å². The Kier molecular flexibility index (Phi) is 1.22. The van der Waals surface area contributed by atoms with Gasteiger partial charge in [0, 0.05) is 13.1 Å². The Morgan fingerprint density at radius 1 is 1.89 bits per heavy atom. The fourth-order valence-electron chi connectivity index (χ4n) is 0.507. The molecule has 0 unspecified atom stereocenters. The molecule has 4 nitrogen and oxygen atoms in total. The molecule has 0 fully saturated rings. The van der Waals surface area contributed by atoms with Gasteiger partial charge in [-0.2, -0.15) is 5.10 Å². The van der Waals surface area contributed by atoms with Crippen LogP contribution in [0.1, 0.15) is 5.69 Å². The van der Waals surface area contributed by atoms with Crippen molar-refractivity contribution in [3.63, 3.8) is 0 Å². The van der Waals surface area contributed by atoms with Crippen LogP contribution in [0.3, 0.4) is 0 Å². The van der Waals surface area contributed by atoms with E-state index in [1.807, 2.05) is 0 Å². The third-order valence-corrected chi connectivity index (χ3v) is 0.960. The van der Waals surface area contributed by atoms with Crippen molar-refractivity contribution in [2.75, 3.05) is 0 Å². The molecule has 0 spiro atoms. The second kappa shape index (κ2) is 1.89. The molecule has 47 valence electrons. The zero-order valence-electron chi connectivity index (χ0n) is 4.83. The minimum absolute atomic E-state index is 0.0339. The lowest BCUT2D eigenvalue weighted by Crippen LogP contribution is -1.90. The summed E-state index contributed by atoms with van der Waals surface area (Å²) < 4.78 is 1.19. The SMILES string of the molecule is Cn1nc([C]=O)cc1O. The number of aromatic hydroxyl groups is 1. The summed E-state index contributed by atoms with van der Waals surface area (Å²) in [6.07, 6.45) is 1.55. The molecular weight excluding hydrogens is 120 g/mol. The summed E-state index contributed by atoms with van der Waals surface area (Å²) >= 11 is 0. The van der Waals surface area contributed by atoms with Crippen molar-refractivity contribution in [1.29, 1.82) is 0 Å². The van der Waals surface area contributed by atoms with E-state index >= 15 is 0 Å². The highest BCUT2D eigenvalue weighted by molar-refractivity contribution is 5.72. The molecule has 0 saturated carbocycles. The summed E-state index contributed by atoms with van der Waals surface area (Å²) in [5.41, 5.74) is 0.120. The van der Waals surface area contributed by atoms with E-state index in [0.717, 1.165) is 0 Å². The molecule has 0 amide bonds. The molecule has 1 heterocycles. The maximum absolute atomic E-state index is 9.86. The van der Waals surface area contributed by atoms with E-state index in [-0.39, 0.29) is 11.6 Å². The fraction of sp³-hybridized carbons (Fsp3) is 0.200. The first-order chi connectivity index (χ1) is 4.24. The second-order valence-corrected chi connectivity index (χ2v) is 1.61. The molecule has 1 aromatic rings. The Labute approximate surface area is 51.7 Å². The van der Waals surface area contributed by atoms with Crippen LogP contribution in [0.4, 0.5) is 0 Å². The normalized spacial score (nSPS) is 9.44. The van der Waals surface area contributed by atoms with Crippen LogP contribution < -0.4 is 0 Å². The molecule has 0 aliphatic heterocycles. The zero-order chi connectivity index (χ0) is 6.85. The number of hydrogen-bond acceptors (Lipinski definition) is 3. The highest BCUT2D eigenvalue weighted by Crippen LogP contribution is 2.05. The smallest absolute Gasteiger partial charge is 0.255 e. The Morgan fingerprint density at radius 2 is 2.56 bits per heavy atom. The average Bonchev–Trinajstić information content (AvgIpc) is 2.13. The number of rotatable bonds is 1. The molecule has 0 bridgehead atoms. The lowest BCUT2D eigenvalue weighted by molar-refractivity contribution is 0.419. The number of aryl methyl sites for hydroxylation is 1. The fourth-order valence-corrected chi connectivity index (χ4v) is 0.507. The van der Waals surface area contributed by atoms with E-state index < -0.39 is 0 Å². The lowest BCUT2D eigenvalue weighted by atomic mass is 10.5. The summed E-state index contributed by atoms with van der Waals surface area (Å²) in [4.78, 5) is 9.86. The molecule has 1 aromatic heterocycles. The number of hydrogen-bond donors (Lipinski definition) is 1. The first kappa shape index (κ1) is 5.81. The van der Waals surface area contributed by atoms with Gasteiger partial charge in [0.2, 0.25) is 5.88 Å². The topological polar surface area (TPSA) is 55.1 Å². The Morgan fingerprint density at radius 3 is 2.78 bits per heavy atom.